The first-order valence-electron chi connectivity index (χ1n) is 3.83. The highest BCUT2D eigenvalue weighted by atomic mass is 79.9. The lowest BCUT2D eigenvalue weighted by Gasteiger charge is -2.23. The van der Waals surface area contributed by atoms with Crippen LogP contribution in [0.4, 0.5) is 4.39 Å². The third-order valence-corrected chi connectivity index (χ3v) is 2.51. The fourth-order valence-corrected chi connectivity index (χ4v) is 1.40. The summed E-state index contributed by atoms with van der Waals surface area (Å²) in [7, 11) is 0. The fourth-order valence-electron chi connectivity index (χ4n) is 1.03. The molecule has 0 aliphatic heterocycles. The van der Waals surface area contributed by atoms with Crippen LogP contribution in [-0.4, -0.2) is 11.7 Å². The maximum absolute atomic E-state index is 13.4. The van der Waals surface area contributed by atoms with Gasteiger partial charge in [-0.25, -0.2) is 4.39 Å². The minimum absolute atomic E-state index is 0.291. The second kappa shape index (κ2) is 3.74. The van der Waals surface area contributed by atoms with Crippen molar-refractivity contribution in [2.24, 2.45) is 5.73 Å². The summed E-state index contributed by atoms with van der Waals surface area (Å²) in [6, 6.07) is 4.84. The molecule has 0 aromatic heterocycles. The van der Waals surface area contributed by atoms with Crippen LogP contribution in [0.5, 0.6) is 0 Å². The molecule has 1 rings (SSSR count). The Hall–Kier alpha value is -0.450. The summed E-state index contributed by atoms with van der Waals surface area (Å²) in [6.45, 7) is 1.29. The Kier molecular flexibility index (Phi) is 3.05. The second-order valence-corrected chi connectivity index (χ2v) is 4.03. The van der Waals surface area contributed by atoms with Gasteiger partial charge in [-0.1, -0.05) is 12.1 Å². The van der Waals surface area contributed by atoms with E-state index in [1.807, 2.05) is 0 Å². The lowest BCUT2D eigenvalue weighted by Crippen LogP contribution is -2.37. The molecular formula is C9H11BrFNO. The first-order chi connectivity index (χ1) is 5.99. The molecule has 0 radical (unpaired) electrons. The van der Waals surface area contributed by atoms with Gasteiger partial charge in [0.2, 0.25) is 0 Å². The zero-order valence-corrected chi connectivity index (χ0v) is 8.81. The number of rotatable bonds is 2. The van der Waals surface area contributed by atoms with Crippen molar-refractivity contribution in [2.45, 2.75) is 12.5 Å². The highest BCUT2D eigenvalue weighted by Crippen LogP contribution is 2.25. The average Bonchev–Trinajstić information content (AvgIpc) is 2.09. The average molecular weight is 248 g/mol. The van der Waals surface area contributed by atoms with Crippen molar-refractivity contribution in [2.75, 3.05) is 6.61 Å². The number of halogens is 2. The van der Waals surface area contributed by atoms with Crippen molar-refractivity contribution in [3.63, 3.8) is 0 Å². The topological polar surface area (TPSA) is 46.2 Å². The SMILES string of the molecule is C[C@@](N)(CO)c1cccc(Br)c1F. The molecule has 1 atom stereocenters. The maximum Gasteiger partial charge on any atom is 0.142 e. The molecule has 13 heavy (non-hydrogen) atoms. The van der Waals surface area contributed by atoms with Gasteiger partial charge in [0.15, 0.2) is 0 Å². The molecule has 2 nitrogen and oxygen atoms in total. The minimum Gasteiger partial charge on any atom is -0.394 e. The molecule has 0 heterocycles. The summed E-state index contributed by atoms with van der Waals surface area (Å²) in [5.41, 5.74) is 4.97. The number of aliphatic hydroxyl groups is 1. The van der Waals surface area contributed by atoms with Gasteiger partial charge in [0, 0.05) is 5.56 Å². The van der Waals surface area contributed by atoms with Gasteiger partial charge < -0.3 is 10.8 Å². The zero-order valence-electron chi connectivity index (χ0n) is 7.22. The van der Waals surface area contributed by atoms with Crippen LogP contribution < -0.4 is 5.73 Å². The van der Waals surface area contributed by atoms with Crippen LogP contribution in [0, 0.1) is 5.82 Å². The largest absolute Gasteiger partial charge is 0.394 e. The number of aliphatic hydroxyl groups excluding tert-OH is 1. The third-order valence-electron chi connectivity index (χ3n) is 1.90. The molecule has 0 fully saturated rings. The predicted octanol–water partition coefficient (Wildman–Crippen LogP) is 1.75. The molecule has 3 N–H and O–H groups in total. The van der Waals surface area contributed by atoms with Crippen LogP contribution in [-0.2, 0) is 5.54 Å². The van der Waals surface area contributed by atoms with Crippen LogP contribution in [0.3, 0.4) is 0 Å². The third kappa shape index (κ3) is 2.07. The quantitative estimate of drug-likeness (QED) is 0.837. The van der Waals surface area contributed by atoms with Gasteiger partial charge in [-0.2, -0.15) is 0 Å². The van der Waals surface area contributed by atoms with Crippen LogP contribution in [0.25, 0.3) is 0 Å². The standard InChI is InChI=1S/C9H11BrFNO/c1-9(12,5-13)6-3-2-4-7(10)8(6)11/h2-4,13H,5,12H2,1H3/t9-/m1/s1. The van der Waals surface area contributed by atoms with Crippen molar-refractivity contribution in [3.05, 3.63) is 34.1 Å². The monoisotopic (exact) mass is 247 g/mol. The van der Waals surface area contributed by atoms with Crippen molar-refractivity contribution >= 4 is 15.9 Å². The highest BCUT2D eigenvalue weighted by molar-refractivity contribution is 9.10. The minimum atomic E-state index is -1.03. The molecule has 4 heteroatoms. The molecule has 0 unspecified atom stereocenters. The number of hydrogen-bond donors (Lipinski definition) is 2. The first kappa shape index (κ1) is 10.6. The van der Waals surface area contributed by atoms with Gasteiger partial charge in [-0.05, 0) is 28.9 Å². The smallest absolute Gasteiger partial charge is 0.142 e. The Morgan fingerprint density at radius 3 is 2.77 bits per heavy atom. The number of benzene rings is 1. The molecule has 0 aliphatic rings. The first-order valence-corrected chi connectivity index (χ1v) is 4.62. The molecule has 72 valence electrons. The van der Waals surface area contributed by atoms with Crippen molar-refractivity contribution in [3.8, 4) is 0 Å². The van der Waals surface area contributed by atoms with Gasteiger partial charge in [0.25, 0.3) is 0 Å². The number of hydrogen-bond acceptors (Lipinski definition) is 2. The molecule has 0 spiro atoms. The normalized spacial score (nSPS) is 15.5. The van der Waals surface area contributed by atoms with E-state index >= 15 is 0 Å². The molecule has 0 aliphatic carbocycles. The Bertz CT molecular complexity index is 314. The van der Waals surface area contributed by atoms with E-state index in [0.29, 0.717) is 10.0 Å². The van der Waals surface area contributed by atoms with Crippen LogP contribution >= 0.6 is 15.9 Å². The zero-order chi connectivity index (χ0) is 10.1. The molecule has 0 saturated heterocycles. The number of nitrogens with two attached hydrogens (primary N) is 1. The molecule has 0 amide bonds. The molecule has 0 bridgehead atoms. The maximum atomic E-state index is 13.4. The van der Waals surface area contributed by atoms with Gasteiger partial charge >= 0.3 is 0 Å². The fraction of sp³-hybridized carbons (Fsp3) is 0.333. The van der Waals surface area contributed by atoms with Gasteiger partial charge in [0.05, 0.1) is 16.6 Å². The summed E-state index contributed by atoms with van der Waals surface area (Å²) < 4.78 is 13.8. The summed E-state index contributed by atoms with van der Waals surface area (Å²) in [6.07, 6.45) is 0. The Morgan fingerprint density at radius 2 is 2.23 bits per heavy atom. The Morgan fingerprint density at radius 1 is 1.62 bits per heavy atom. The van der Waals surface area contributed by atoms with Crippen LogP contribution in [0.15, 0.2) is 22.7 Å². The van der Waals surface area contributed by atoms with Crippen molar-refractivity contribution in [1.29, 1.82) is 0 Å². The Labute approximate surface area is 84.7 Å². The van der Waals surface area contributed by atoms with E-state index < -0.39 is 11.4 Å². The molecular weight excluding hydrogens is 237 g/mol. The summed E-state index contributed by atoms with van der Waals surface area (Å²) >= 11 is 3.06. The summed E-state index contributed by atoms with van der Waals surface area (Å²) in [5.74, 6) is -0.415. The van der Waals surface area contributed by atoms with E-state index in [-0.39, 0.29) is 6.61 Å². The second-order valence-electron chi connectivity index (χ2n) is 3.18. The van der Waals surface area contributed by atoms with Crippen molar-refractivity contribution in [1.82, 2.24) is 0 Å². The van der Waals surface area contributed by atoms with Gasteiger partial charge in [0.1, 0.15) is 5.82 Å². The van der Waals surface area contributed by atoms with Crippen LogP contribution in [0.2, 0.25) is 0 Å². The summed E-state index contributed by atoms with van der Waals surface area (Å²) in [5, 5.41) is 8.96. The van der Waals surface area contributed by atoms with Crippen molar-refractivity contribution < 1.29 is 9.50 Å². The van der Waals surface area contributed by atoms with Crippen LogP contribution in [0.1, 0.15) is 12.5 Å². The lowest BCUT2D eigenvalue weighted by atomic mass is 9.94. The van der Waals surface area contributed by atoms with E-state index in [1.165, 1.54) is 0 Å². The van der Waals surface area contributed by atoms with E-state index in [1.54, 1.807) is 25.1 Å². The van der Waals surface area contributed by atoms with Gasteiger partial charge in [-0.15, -0.1) is 0 Å². The summed E-state index contributed by atoms with van der Waals surface area (Å²) in [4.78, 5) is 0. The molecule has 1 aromatic rings. The Balaban J connectivity index is 3.22. The lowest BCUT2D eigenvalue weighted by molar-refractivity contribution is 0.206. The van der Waals surface area contributed by atoms with E-state index in [0.717, 1.165) is 0 Å². The van der Waals surface area contributed by atoms with E-state index in [2.05, 4.69) is 15.9 Å². The molecule has 1 aromatic carbocycles. The predicted molar refractivity (Wildman–Crippen MR) is 52.7 cm³/mol. The van der Waals surface area contributed by atoms with E-state index in [9.17, 15) is 4.39 Å². The van der Waals surface area contributed by atoms with Gasteiger partial charge in [-0.3, -0.25) is 0 Å². The molecule has 0 saturated carbocycles. The highest BCUT2D eigenvalue weighted by Gasteiger charge is 2.24. The van der Waals surface area contributed by atoms with E-state index in [4.69, 9.17) is 10.8 Å².